The van der Waals surface area contributed by atoms with E-state index in [9.17, 15) is 0 Å². The highest BCUT2D eigenvalue weighted by atomic mass is 79.9. The summed E-state index contributed by atoms with van der Waals surface area (Å²) in [4.78, 5) is 1.96. The Bertz CT molecular complexity index is 290. The molecule has 0 spiro atoms. The first-order chi connectivity index (χ1) is 8.48. The van der Waals surface area contributed by atoms with Crippen molar-refractivity contribution in [3.8, 4) is 0 Å². The molecule has 19 heavy (non-hydrogen) atoms. The Balaban J connectivity index is 5.03. The van der Waals surface area contributed by atoms with Crippen molar-refractivity contribution in [3.63, 3.8) is 0 Å². The first-order valence-electron chi connectivity index (χ1n) is 7.42. The SMILES string of the molecule is CCCCC(C)(C)C(C=CBr)O[Si](C)(C)C(C)(C)C. The minimum atomic E-state index is -1.73. The van der Waals surface area contributed by atoms with Gasteiger partial charge in [0.2, 0.25) is 0 Å². The Hall–Kier alpha value is 0.397. The lowest BCUT2D eigenvalue weighted by Crippen LogP contribution is -2.47. The van der Waals surface area contributed by atoms with Crippen LogP contribution in [-0.4, -0.2) is 14.4 Å². The van der Waals surface area contributed by atoms with E-state index < -0.39 is 8.32 Å². The van der Waals surface area contributed by atoms with E-state index in [0.717, 1.165) is 0 Å². The van der Waals surface area contributed by atoms with Crippen LogP contribution in [0.2, 0.25) is 18.1 Å². The maximum atomic E-state index is 6.63. The Morgan fingerprint density at radius 3 is 2.05 bits per heavy atom. The van der Waals surface area contributed by atoms with Gasteiger partial charge in [0.25, 0.3) is 0 Å². The van der Waals surface area contributed by atoms with Crippen molar-refractivity contribution in [2.45, 2.75) is 85.0 Å². The molecular weight excluding hydrogens is 316 g/mol. The van der Waals surface area contributed by atoms with E-state index in [-0.39, 0.29) is 16.6 Å². The maximum absolute atomic E-state index is 6.63. The highest BCUT2D eigenvalue weighted by Gasteiger charge is 2.41. The van der Waals surface area contributed by atoms with Crippen molar-refractivity contribution >= 4 is 24.2 Å². The molecule has 0 amide bonds. The molecule has 0 aromatic carbocycles. The van der Waals surface area contributed by atoms with Crippen molar-refractivity contribution < 1.29 is 4.43 Å². The zero-order valence-electron chi connectivity index (χ0n) is 14.1. The van der Waals surface area contributed by atoms with E-state index in [1.807, 2.05) is 4.99 Å². The van der Waals surface area contributed by atoms with Gasteiger partial charge in [0.1, 0.15) is 0 Å². The van der Waals surface area contributed by atoms with E-state index in [4.69, 9.17) is 4.43 Å². The average Bonchev–Trinajstić information content (AvgIpc) is 2.24. The quantitative estimate of drug-likeness (QED) is 0.477. The molecule has 114 valence electrons. The Morgan fingerprint density at radius 1 is 1.16 bits per heavy atom. The summed E-state index contributed by atoms with van der Waals surface area (Å²) in [5, 5.41) is 0.256. The second kappa shape index (κ2) is 7.42. The van der Waals surface area contributed by atoms with Crippen LogP contribution in [-0.2, 0) is 4.43 Å². The maximum Gasteiger partial charge on any atom is 0.192 e. The second-order valence-corrected chi connectivity index (χ2v) is 13.0. The normalized spacial score (nSPS) is 16.1. The highest BCUT2D eigenvalue weighted by Crippen LogP contribution is 2.41. The Morgan fingerprint density at radius 2 is 1.68 bits per heavy atom. The molecule has 0 N–H and O–H groups in total. The first kappa shape index (κ1) is 19.4. The fourth-order valence-corrected chi connectivity index (χ4v) is 3.46. The van der Waals surface area contributed by atoms with E-state index in [2.05, 4.69) is 76.6 Å². The van der Waals surface area contributed by atoms with E-state index in [0.29, 0.717) is 0 Å². The smallest absolute Gasteiger partial charge is 0.192 e. The lowest BCUT2D eigenvalue weighted by Gasteiger charge is -2.43. The van der Waals surface area contributed by atoms with Crippen LogP contribution in [0.4, 0.5) is 0 Å². The summed E-state index contributed by atoms with van der Waals surface area (Å²) in [6.07, 6.45) is 6.09. The molecule has 0 saturated heterocycles. The third-order valence-electron chi connectivity index (χ3n) is 4.42. The van der Waals surface area contributed by atoms with Crippen LogP contribution in [0.5, 0.6) is 0 Å². The molecule has 0 aromatic rings. The molecule has 0 heterocycles. The van der Waals surface area contributed by atoms with Gasteiger partial charge in [0, 0.05) is 0 Å². The van der Waals surface area contributed by atoms with Crippen LogP contribution in [0.15, 0.2) is 11.1 Å². The molecule has 3 heteroatoms. The molecule has 0 aromatic heterocycles. The molecule has 0 fully saturated rings. The van der Waals surface area contributed by atoms with Gasteiger partial charge < -0.3 is 4.43 Å². The van der Waals surface area contributed by atoms with Gasteiger partial charge in [-0.05, 0) is 41.0 Å². The largest absolute Gasteiger partial charge is 0.410 e. The second-order valence-electron chi connectivity index (χ2n) is 7.71. The first-order valence-corrected chi connectivity index (χ1v) is 11.2. The van der Waals surface area contributed by atoms with Crippen LogP contribution >= 0.6 is 15.9 Å². The topological polar surface area (TPSA) is 9.23 Å². The summed E-state index contributed by atoms with van der Waals surface area (Å²) < 4.78 is 6.63. The van der Waals surface area contributed by atoms with E-state index in [1.165, 1.54) is 19.3 Å². The lowest BCUT2D eigenvalue weighted by atomic mass is 9.81. The highest BCUT2D eigenvalue weighted by molar-refractivity contribution is 9.11. The summed E-state index contributed by atoms with van der Waals surface area (Å²) in [5.41, 5.74) is 0.190. The van der Waals surface area contributed by atoms with Crippen LogP contribution in [0.25, 0.3) is 0 Å². The molecule has 0 radical (unpaired) electrons. The van der Waals surface area contributed by atoms with Gasteiger partial charge in [-0.25, -0.2) is 0 Å². The van der Waals surface area contributed by atoms with Gasteiger partial charge in [-0.15, -0.1) is 0 Å². The zero-order valence-corrected chi connectivity index (χ0v) is 16.7. The van der Waals surface area contributed by atoms with Gasteiger partial charge in [0.15, 0.2) is 8.32 Å². The number of hydrogen-bond donors (Lipinski definition) is 0. The van der Waals surface area contributed by atoms with Gasteiger partial charge >= 0.3 is 0 Å². The third kappa shape index (κ3) is 6.13. The summed E-state index contributed by atoms with van der Waals surface area (Å²) >= 11 is 3.42. The molecule has 1 nitrogen and oxygen atoms in total. The lowest BCUT2D eigenvalue weighted by molar-refractivity contribution is 0.0900. The van der Waals surface area contributed by atoms with Crippen LogP contribution in [0.1, 0.15) is 60.8 Å². The van der Waals surface area contributed by atoms with E-state index in [1.54, 1.807) is 0 Å². The number of rotatable bonds is 7. The number of unbranched alkanes of at least 4 members (excludes halogenated alkanes) is 1. The minimum Gasteiger partial charge on any atom is -0.410 e. The molecule has 0 aliphatic rings. The molecule has 0 bridgehead atoms. The molecule has 0 aliphatic carbocycles. The van der Waals surface area contributed by atoms with Crippen LogP contribution in [0.3, 0.4) is 0 Å². The molecule has 0 aliphatic heterocycles. The Labute approximate surface area is 130 Å². The van der Waals surface area contributed by atoms with Crippen molar-refractivity contribution in [2.75, 3.05) is 0 Å². The molecular formula is C16H33BrOSi. The monoisotopic (exact) mass is 348 g/mol. The van der Waals surface area contributed by atoms with Crippen molar-refractivity contribution in [3.05, 3.63) is 11.1 Å². The van der Waals surface area contributed by atoms with Crippen molar-refractivity contribution in [2.24, 2.45) is 5.41 Å². The molecule has 1 unspecified atom stereocenters. The third-order valence-corrected chi connectivity index (χ3v) is 9.18. The fourth-order valence-electron chi connectivity index (χ4n) is 1.79. The van der Waals surface area contributed by atoms with E-state index >= 15 is 0 Å². The average molecular weight is 349 g/mol. The number of halogens is 1. The van der Waals surface area contributed by atoms with Gasteiger partial charge in [-0.2, -0.15) is 0 Å². The Kier molecular flexibility index (Phi) is 7.57. The molecule has 0 saturated carbocycles. The zero-order chi connectivity index (χ0) is 15.3. The summed E-state index contributed by atoms with van der Waals surface area (Å²) in [6.45, 7) is 18.5. The van der Waals surface area contributed by atoms with Crippen molar-refractivity contribution in [1.29, 1.82) is 0 Å². The molecule has 0 rings (SSSR count). The predicted octanol–water partition coefficient (Wildman–Crippen LogP) is 6.50. The van der Waals surface area contributed by atoms with Crippen LogP contribution < -0.4 is 0 Å². The fraction of sp³-hybridized carbons (Fsp3) is 0.875. The summed E-state index contributed by atoms with van der Waals surface area (Å²) in [7, 11) is -1.73. The van der Waals surface area contributed by atoms with Gasteiger partial charge in [-0.1, -0.05) is 70.3 Å². The minimum absolute atomic E-state index is 0.190. The van der Waals surface area contributed by atoms with Crippen LogP contribution in [0, 0.1) is 5.41 Å². The predicted molar refractivity (Wildman–Crippen MR) is 93.4 cm³/mol. The van der Waals surface area contributed by atoms with Gasteiger partial charge in [-0.3, -0.25) is 0 Å². The standard InChI is InChI=1S/C16H33BrOSi/c1-9-10-12-16(5,6)14(11-13-17)18-19(7,8)15(2,3)4/h11,13-14H,9-10,12H2,1-8H3. The summed E-state index contributed by atoms with van der Waals surface area (Å²) in [5.74, 6) is 0. The van der Waals surface area contributed by atoms with Crippen molar-refractivity contribution in [1.82, 2.24) is 0 Å². The number of hydrogen-bond acceptors (Lipinski definition) is 1. The summed E-state index contributed by atoms with van der Waals surface area (Å²) in [6, 6.07) is 0. The van der Waals surface area contributed by atoms with Gasteiger partial charge in [0.05, 0.1) is 6.10 Å². The molecule has 1 atom stereocenters.